The van der Waals surface area contributed by atoms with Crippen LogP contribution in [-0.4, -0.2) is 0 Å². The molecule has 2 rings (SSSR count). The Morgan fingerprint density at radius 2 is 1.80 bits per heavy atom. The third-order valence-electron chi connectivity index (χ3n) is 3.33. The monoisotopic (exact) mass is 279 g/mol. The van der Waals surface area contributed by atoms with Gasteiger partial charge in [-0.1, -0.05) is 24.3 Å². The van der Waals surface area contributed by atoms with E-state index in [9.17, 15) is 13.2 Å². The fourth-order valence-corrected chi connectivity index (χ4v) is 1.94. The second-order valence-electron chi connectivity index (χ2n) is 4.82. The van der Waals surface area contributed by atoms with Gasteiger partial charge < -0.3 is 5.32 Å². The average molecular weight is 279 g/mol. The Labute approximate surface area is 116 Å². The first kappa shape index (κ1) is 14.6. The predicted octanol–water partition coefficient (Wildman–Crippen LogP) is 4.26. The van der Waals surface area contributed by atoms with Crippen LogP contribution in [0.3, 0.4) is 0 Å². The third-order valence-corrected chi connectivity index (χ3v) is 3.33. The summed E-state index contributed by atoms with van der Waals surface area (Å²) in [5.41, 5.74) is 1.60. The quantitative estimate of drug-likeness (QED) is 0.881. The molecule has 1 nitrogen and oxygen atoms in total. The molecule has 0 aliphatic carbocycles. The summed E-state index contributed by atoms with van der Waals surface area (Å²) in [6.45, 7) is 3.72. The van der Waals surface area contributed by atoms with E-state index in [1.165, 1.54) is 18.2 Å². The summed E-state index contributed by atoms with van der Waals surface area (Å²) in [5.74, 6) is -1.98. The molecule has 1 unspecified atom stereocenters. The van der Waals surface area contributed by atoms with Gasteiger partial charge >= 0.3 is 0 Å². The summed E-state index contributed by atoms with van der Waals surface area (Å²) in [6, 6.07) is 8.88. The van der Waals surface area contributed by atoms with E-state index < -0.39 is 11.6 Å². The molecule has 0 fully saturated rings. The molecule has 1 atom stereocenters. The molecule has 0 radical (unpaired) electrons. The highest BCUT2D eigenvalue weighted by Crippen LogP contribution is 2.18. The number of rotatable bonds is 4. The zero-order valence-electron chi connectivity index (χ0n) is 11.4. The molecule has 20 heavy (non-hydrogen) atoms. The van der Waals surface area contributed by atoms with E-state index in [-0.39, 0.29) is 24.0 Å². The maximum absolute atomic E-state index is 13.5. The minimum Gasteiger partial charge on any atom is -0.306 e. The van der Waals surface area contributed by atoms with Crippen LogP contribution in [-0.2, 0) is 6.54 Å². The summed E-state index contributed by atoms with van der Waals surface area (Å²) in [5, 5.41) is 3.06. The van der Waals surface area contributed by atoms with Crippen LogP contribution < -0.4 is 5.32 Å². The summed E-state index contributed by atoms with van der Waals surface area (Å²) in [7, 11) is 0. The van der Waals surface area contributed by atoms with Crippen LogP contribution in [0.1, 0.15) is 29.7 Å². The van der Waals surface area contributed by atoms with Crippen molar-refractivity contribution in [3.8, 4) is 0 Å². The molecule has 2 aromatic carbocycles. The highest BCUT2D eigenvalue weighted by Gasteiger charge is 2.11. The standard InChI is InChI=1S/C16H16F3N/c1-10-6-7-12(8-15(10)18)11(2)20-9-13-4-3-5-14(17)16(13)19/h3-8,11,20H,9H2,1-2H3. The van der Waals surface area contributed by atoms with Gasteiger partial charge in [0.2, 0.25) is 0 Å². The molecule has 0 amide bonds. The molecule has 0 aliphatic heterocycles. The Balaban J connectivity index is 2.06. The molecule has 2 aromatic rings. The third kappa shape index (κ3) is 3.20. The van der Waals surface area contributed by atoms with Gasteiger partial charge in [0, 0.05) is 18.2 Å². The van der Waals surface area contributed by atoms with Crippen LogP contribution in [0.15, 0.2) is 36.4 Å². The first-order valence-electron chi connectivity index (χ1n) is 6.41. The smallest absolute Gasteiger partial charge is 0.163 e. The fraction of sp³-hybridized carbons (Fsp3) is 0.250. The van der Waals surface area contributed by atoms with E-state index in [0.29, 0.717) is 5.56 Å². The number of aryl methyl sites for hydroxylation is 1. The zero-order chi connectivity index (χ0) is 14.7. The van der Waals surface area contributed by atoms with Gasteiger partial charge in [0.1, 0.15) is 5.82 Å². The van der Waals surface area contributed by atoms with E-state index in [0.717, 1.165) is 11.6 Å². The molecule has 0 bridgehead atoms. The summed E-state index contributed by atoms with van der Waals surface area (Å²) in [6.07, 6.45) is 0. The Bertz CT molecular complexity index is 611. The van der Waals surface area contributed by atoms with Crippen LogP contribution in [0.5, 0.6) is 0 Å². The van der Waals surface area contributed by atoms with E-state index in [1.807, 2.05) is 13.0 Å². The molecule has 4 heteroatoms. The topological polar surface area (TPSA) is 12.0 Å². The minimum absolute atomic E-state index is 0.159. The van der Waals surface area contributed by atoms with Crippen LogP contribution in [0.4, 0.5) is 13.2 Å². The number of nitrogens with one attached hydrogen (secondary N) is 1. The van der Waals surface area contributed by atoms with E-state index in [4.69, 9.17) is 0 Å². The van der Waals surface area contributed by atoms with Crippen LogP contribution in [0, 0.1) is 24.4 Å². The molecule has 0 spiro atoms. The number of hydrogen-bond acceptors (Lipinski definition) is 1. The normalized spacial score (nSPS) is 12.4. The van der Waals surface area contributed by atoms with Crippen molar-refractivity contribution in [2.24, 2.45) is 0 Å². The first-order valence-corrected chi connectivity index (χ1v) is 6.41. The molecule has 0 saturated heterocycles. The second kappa shape index (κ2) is 6.09. The SMILES string of the molecule is Cc1ccc(C(C)NCc2cccc(F)c2F)cc1F. The van der Waals surface area contributed by atoms with Crippen molar-refractivity contribution in [3.05, 3.63) is 70.5 Å². The largest absolute Gasteiger partial charge is 0.306 e. The maximum Gasteiger partial charge on any atom is 0.163 e. The molecule has 0 aliphatic rings. The van der Waals surface area contributed by atoms with Crippen LogP contribution >= 0.6 is 0 Å². The first-order chi connectivity index (χ1) is 9.49. The van der Waals surface area contributed by atoms with Gasteiger partial charge in [-0.05, 0) is 37.1 Å². The van der Waals surface area contributed by atoms with E-state index in [2.05, 4.69) is 5.32 Å². The molecule has 1 N–H and O–H groups in total. The van der Waals surface area contributed by atoms with Gasteiger partial charge in [-0.25, -0.2) is 13.2 Å². The van der Waals surface area contributed by atoms with Crippen molar-refractivity contribution in [2.45, 2.75) is 26.4 Å². The Hall–Kier alpha value is -1.81. The maximum atomic E-state index is 13.5. The van der Waals surface area contributed by atoms with Gasteiger partial charge in [-0.2, -0.15) is 0 Å². The number of halogens is 3. The van der Waals surface area contributed by atoms with Gasteiger partial charge in [-0.3, -0.25) is 0 Å². The molecule has 106 valence electrons. The summed E-state index contributed by atoms with van der Waals surface area (Å²) in [4.78, 5) is 0. The second-order valence-corrected chi connectivity index (χ2v) is 4.82. The van der Waals surface area contributed by atoms with Crippen molar-refractivity contribution in [3.63, 3.8) is 0 Å². The highest BCUT2D eigenvalue weighted by molar-refractivity contribution is 5.26. The lowest BCUT2D eigenvalue weighted by molar-refractivity contribution is 0.484. The highest BCUT2D eigenvalue weighted by atomic mass is 19.2. The van der Waals surface area contributed by atoms with Crippen molar-refractivity contribution < 1.29 is 13.2 Å². The summed E-state index contributed by atoms with van der Waals surface area (Å²) >= 11 is 0. The molecule has 0 aromatic heterocycles. The van der Waals surface area contributed by atoms with Gasteiger partial charge in [0.05, 0.1) is 0 Å². The van der Waals surface area contributed by atoms with Crippen molar-refractivity contribution >= 4 is 0 Å². The van der Waals surface area contributed by atoms with Crippen molar-refractivity contribution in [1.82, 2.24) is 5.32 Å². The van der Waals surface area contributed by atoms with Crippen LogP contribution in [0.25, 0.3) is 0 Å². The lowest BCUT2D eigenvalue weighted by Gasteiger charge is -2.15. The number of benzene rings is 2. The molecular weight excluding hydrogens is 263 g/mol. The average Bonchev–Trinajstić information content (AvgIpc) is 2.43. The lowest BCUT2D eigenvalue weighted by Crippen LogP contribution is -2.19. The van der Waals surface area contributed by atoms with Gasteiger partial charge in [0.15, 0.2) is 11.6 Å². The zero-order valence-corrected chi connectivity index (χ0v) is 11.4. The van der Waals surface area contributed by atoms with Gasteiger partial charge in [0.25, 0.3) is 0 Å². The van der Waals surface area contributed by atoms with Gasteiger partial charge in [-0.15, -0.1) is 0 Å². The fourth-order valence-electron chi connectivity index (χ4n) is 1.94. The predicted molar refractivity (Wildman–Crippen MR) is 72.7 cm³/mol. The molecule has 0 saturated carbocycles. The van der Waals surface area contributed by atoms with Crippen molar-refractivity contribution in [1.29, 1.82) is 0 Å². The number of hydrogen-bond donors (Lipinski definition) is 1. The Morgan fingerprint density at radius 3 is 2.50 bits per heavy atom. The lowest BCUT2D eigenvalue weighted by atomic mass is 10.1. The Kier molecular flexibility index (Phi) is 4.45. The molecule has 0 heterocycles. The Morgan fingerprint density at radius 1 is 1.05 bits per heavy atom. The van der Waals surface area contributed by atoms with Crippen LogP contribution in [0.2, 0.25) is 0 Å². The van der Waals surface area contributed by atoms with Crippen molar-refractivity contribution in [2.75, 3.05) is 0 Å². The van der Waals surface area contributed by atoms with E-state index in [1.54, 1.807) is 13.0 Å². The van der Waals surface area contributed by atoms with E-state index >= 15 is 0 Å². The molecular formula is C16H16F3N. The summed E-state index contributed by atoms with van der Waals surface area (Å²) < 4.78 is 40.1. The minimum atomic E-state index is -0.863.